The molecule has 0 spiro atoms. The Labute approximate surface area is 173 Å². The first kappa shape index (κ1) is 20.9. The molecule has 5 nitrogen and oxygen atoms in total. The van der Waals surface area contributed by atoms with Crippen LogP contribution in [0.3, 0.4) is 0 Å². The lowest BCUT2D eigenvalue weighted by Gasteiger charge is -2.33. The third kappa shape index (κ3) is 5.59. The molecule has 0 atom stereocenters. The van der Waals surface area contributed by atoms with Crippen LogP contribution >= 0.6 is 0 Å². The Morgan fingerprint density at radius 1 is 0.931 bits per heavy atom. The molecule has 0 N–H and O–H groups in total. The van der Waals surface area contributed by atoms with Gasteiger partial charge in [0.05, 0.1) is 0 Å². The highest BCUT2D eigenvalue weighted by Crippen LogP contribution is 2.23. The van der Waals surface area contributed by atoms with Crippen LogP contribution in [0.1, 0.15) is 25.3 Å². The molecule has 2 aromatic carbocycles. The number of carbonyl (C=O) groups is 2. The van der Waals surface area contributed by atoms with E-state index in [9.17, 15) is 9.59 Å². The predicted octanol–water partition coefficient (Wildman–Crippen LogP) is 3.59. The molecule has 2 aromatic rings. The van der Waals surface area contributed by atoms with Crippen LogP contribution in [0.15, 0.2) is 54.6 Å². The highest BCUT2D eigenvalue weighted by molar-refractivity contribution is 5.97. The minimum atomic E-state index is -0.116. The number of benzene rings is 2. The number of likely N-dealkylation sites (tertiary alicyclic amines) is 1. The molecule has 1 aliphatic heterocycles. The average molecular weight is 394 g/mol. The van der Waals surface area contributed by atoms with Gasteiger partial charge in [-0.25, -0.2) is 0 Å². The molecule has 1 aliphatic rings. The molecule has 0 aliphatic carbocycles. The van der Waals surface area contributed by atoms with Crippen molar-refractivity contribution in [1.29, 1.82) is 0 Å². The van der Waals surface area contributed by atoms with E-state index in [1.165, 1.54) is 12.5 Å². The molecule has 154 valence electrons. The summed E-state index contributed by atoms with van der Waals surface area (Å²) in [5.74, 6) is 0.522. The van der Waals surface area contributed by atoms with Gasteiger partial charge >= 0.3 is 0 Å². The van der Waals surface area contributed by atoms with Crippen molar-refractivity contribution in [1.82, 2.24) is 4.90 Å². The highest BCUT2D eigenvalue weighted by atomic mass is 16.2. The second-order valence-electron chi connectivity index (χ2n) is 8.03. The number of anilines is 2. The molecule has 29 heavy (non-hydrogen) atoms. The summed E-state index contributed by atoms with van der Waals surface area (Å²) < 4.78 is 0. The molecule has 1 heterocycles. The molecule has 5 heteroatoms. The zero-order valence-electron chi connectivity index (χ0n) is 17.7. The first-order chi connectivity index (χ1) is 13.9. The lowest BCUT2D eigenvalue weighted by atomic mass is 9.90. The summed E-state index contributed by atoms with van der Waals surface area (Å²) in [6, 6.07) is 18.3. The SMILES string of the molecule is CC(=O)N(CC(=O)N1CCC(Cc2ccccc2)CC1)c1ccc(N(C)C)cc1. The molecule has 0 radical (unpaired) electrons. The summed E-state index contributed by atoms with van der Waals surface area (Å²) in [4.78, 5) is 30.5. The molecule has 3 rings (SSSR count). The number of rotatable bonds is 6. The zero-order valence-corrected chi connectivity index (χ0v) is 17.7. The largest absolute Gasteiger partial charge is 0.378 e. The van der Waals surface area contributed by atoms with E-state index in [0.717, 1.165) is 43.7 Å². The molecule has 1 fully saturated rings. The fourth-order valence-electron chi connectivity index (χ4n) is 3.88. The second-order valence-corrected chi connectivity index (χ2v) is 8.03. The maximum absolute atomic E-state index is 12.9. The van der Waals surface area contributed by atoms with Crippen LogP contribution in [0.2, 0.25) is 0 Å². The smallest absolute Gasteiger partial charge is 0.242 e. The summed E-state index contributed by atoms with van der Waals surface area (Å²) >= 11 is 0. The summed E-state index contributed by atoms with van der Waals surface area (Å²) in [6.45, 7) is 3.14. The number of piperidine rings is 1. The quantitative estimate of drug-likeness (QED) is 0.753. The number of nitrogens with zero attached hydrogens (tertiary/aromatic N) is 3. The van der Waals surface area contributed by atoms with Crippen molar-refractivity contribution in [3.8, 4) is 0 Å². The highest BCUT2D eigenvalue weighted by Gasteiger charge is 2.25. The van der Waals surface area contributed by atoms with E-state index in [1.807, 2.05) is 54.2 Å². The zero-order chi connectivity index (χ0) is 20.8. The third-order valence-electron chi connectivity index (χ3n) is 5.69. The van der Waals surface area contributed by atoms with Gasteiger partial charge < -0.3 is 14.7 Å². The third-order valence-corrected chi connectivity index (χ3v) is 5.69. The van der Waals surface area contributed by atoms with Crippen molar-refractivity contribution >= 4 is 23.2 Å². The van der Waals surface area contributed by atoms with E-state index in [1.54, 1.807) is 4.90 Å². The van der Waals surface area contributed by atoms with E-state index in [2.05, 4.69) is 24.3 Å². The fraction of sp³-hybridized carbons (Fsp3) is 0.417. The molecule has 0 bridgehead atoms. The average Bonchev–Trinajstić information content (AvgIpc) is 2.73. The standard InChI is InChI=1S/C24H31N3O2/c1-19(28)27(23-11-9-22(10-12-23)25(2)3)18-24(29)26-15-13-21(14-16-26)17-20-7-5-4-6-8-20/h4-12,21H,13-18H2,1-3H3. The molecule has 0 aromatic heterocycles. The first-order valence-electron chi connectivity index (χ1n) is 10.3. The van der Waals surface area contributed by atoms with E-state index in [4.69, 9.17) is 0 Å². The van der Waals surface area contributed by atoms with Gasteiger partial charge in [0, 0.05) is 45.5 Å². The number of amides is 2. The predicted molar refractivity (Wildman–Crippen MR) is 118 cm³/mol. The summed E-state index contributed by atoms with van der Waals surface area (Å²) in [7, 11) is 3.95. The van der Waals surface area contributed by atoms with Gasteiger partial charge in [0.2, 0.25) is 11.8 Å². The van der Waals surface area contributed by atoms with Gasteiger partial charge in [0.25, 0.3) is 0 Å². The van der Waals surface area contributed by atoms with Crippen LogP contribution in [0.25, 0.3) is 0 Å². The van der Waals surface area contributed by atoms with Crippen molar-refractivity contribution in [2.24, 2.45) is 5.92 Å². The Hall–Kier alpha value is -2.82. The topological polar surface area (TPSA) is 43.9 Å². The van der Waals surface area contributed by atoms with Crippen LogP contribution in [-0.4, -0.2) is 50.4 Å². The molecular weight excluding hydrogens is 362 g/mol. The lowest BCUT2D eigenvalue weighted by molar-refractivity contribution is -0.132. The van der Waals surface area contributed by atoms with E-state index < -0.39 is 0 Å². The van der Waals surface area contributed by atoms with Crippen molar-refractivity contribution in [2.45, 2.75) is 26.2 Å². The fourth-order valence-corrected chi connectivity index (χ4v) is 3.88. The first-order valence-corrected chi connectivity index (χ1v) is 10.3. The van der Waals surface area contributed by atoms with Gasteiger partial charge in [-0.05, 0) is 55.0 Å². The van der Waals surface area contributed by atoms with Crippen LogP contribution < -0.4 is 9.80 Å². The van der Waals surface area contributed by atoms with Gasteiger partial charge in [-0.2, -0.15) is 0 Å². The number of hydrogen-bond donors (Lipinski definition) is 0. The Kier molecular flexibility index (Phi) is 6.91. The summed E-state index contributed by atoms with van der Waals surface area (Å²) in [5, 5.41) is 0. The van der Waals surface area contributed by atoms with Gasteiger partial charge in [-0.1, -0.05) is 30.3 Å². The van der Waals surface area contributed by atoms with Crippen LogP contribution in [0.5, 0.6) is 0 Å². The van der Waals surface area contributed by atoms with Gasteiger partial charge in [0.15, 0.2) is 0 Å². The van der Waals surface area contributed by atoms with Crippen LogP contribution in [-0.2, 0) is 16.0 Å². The van der Waals surface area contributed by atoms with E-state index in [0.29, 0.717) is 5.92 Å². The van der Waals surface area contributed by atoms with Crippen LogP contribution in [0.4, 0.5) is 11.4 Å². The van der Waals surface area contributed by atoms with Crippen molar-refractivity contribution in [3.05, 3.63) is 60.2 Å². The van der Waals surface area contributed by atoms with Crippen molar-refractivity contribution in [3.63, 3.8) is 0 Å². The van der Waals surface area contributed by atoms with Gasteiger partial charge in [0.1, 0.15) is 6.54 Å². The van der Waals surface area contributed by atoms with Crippen molar-refractivity contribution in [2.75, 3.05) is 43.5 Å². The molecule has 2 amide bonds. The van der Waals surface area contributed by atoms with Crippen LogP contribution in [0, 0.1) is 5.92 Å². The Morgan fingerprint density at radius 3 is 2.07 bits per heavy atom. The normalized spacial score (nSPS) is 14.5. The van der Waals surface area contributed by atoms with Gasteiger partial charge in [-0.15, -0.1) is 0 Å². The monoisotopic (exact) mass is 393 g/mol. The maximum atomic E-state index is 12.9. The number of hydrogen-bond acceptors (Lipinski definition) is 3. The molecular formula is C24H31N3O2. The van der Waals surface area contributed by atoms with Gasteiger partial charge in [-0.3, -0.25) is 9.59 Å². The summed E-state index contributed by atoms with van der Waals surface area (Å²) in [6.07, 6.45) is 3.09. The summed E-state index contributed by atoms with van der Waals surface area (Å²) in [5.41, 5.74) is 3.18. The minimum absolute atomic E-state index is 0.0232. The van der Waals surface area contributed by atoms with E-state index in [-0.39, 0.29) is 18.4 Å². The van der Waals surface area contributed by atoms with Crippen molar-refractivity contribution < 1.29 is 9.59 Å². The number of carbonyl (C=O) groups excluding carboxylic acids is 2. The molecule has 1 saturated heterocycles. The minimum Gasteiger partial charge on any atom is -0.378 e. The second kappa shape index (κ2) is 9.59. The van der Waals surface area contributed by atoms with E-state index >= 15 is 0 Å². The molecule has 0 saturated carbocycles. The Balaban J connectivity index is 1.56. The Morgan fingerprint density at radius 2 is 1.52 bits per heavy atom. The Bertz CT molecular complexity index is 810. The maximum Gasteiger partial charge on any atom is 0.242 e. The molecule has 0 unspecified atom stereocenters. The lowest BCUT2D eigenvalue weighted by Crippen LogP contribution is -2.45.